The molecule has 9 aromatic rings. The number of aromatic hydroxyl groups is 1. The predicted molar refractivity (Wildman–Crippen MR) is 372 cm³/mol. The number of fused-ring (bicyclic) bond motifs is 15. The lowest BCUT2D eigenvalue weighted by atomic mass is 9.86. The number of esters is 5. The molecule has 6 aromatic heterocycles. The van der Waals surface area contributed by atoms with Crippen LogP contribution >= 0.6 is 23.2 Å². The molecule has 28 heteroatoms. The first-order valence-corrected chi connectivity index (χ1v) is 34.1. The Morgan fingerprint density at radius 2 is 0.786 bits per heavy atom. The van der Waals surface area contributed by atoms with Crippen molar-refractivity contribution in [2.75, 3.05) is 7.15 Å². The second-order valence-corrected chi connectivity index (χ2v) is 26.2. The second-order valence-electron chi connectivity index (χ2n) is 25.3. The first-order chi connectivity index (χ1) is 49.6. The molecule has 6 aliphatic heterocycles. The van der Waals surface area contributed by atoms with E-state index in [-0.39, 0.29) is 134 Å². The third-order valence-electron chi connectivity index (χ3n) is 19.9. The van der Waals surface area contributed by atoms with E-state index in [4.69, 9.17) is 63.2 Å². The van der Waals surface area contributed by atoms with Gasteiger partial charge >= 0.3 is 29.8 Å². The molecule has 103 heavy (non-hydrogen) atoms. The van der Waals surface area contributed by atoms with Gasteiger partial charge in [0.05, 0.1) is 108 Å². The van der Waals surface area contributed by atoms with Gasteiger partial charge in [-0.25, -0.2) is 29.3 Å². The highest BCUT2D eigenvalue weighted by Crippen LogP contribution is 2.45. The van der Waals surface area contributed by atoms with Gasteiger partial charge in [-0.05, 0) is 151 Å². The molecule has 0 bridgehead atoms. The van der Waals surface area contributed by atoms with Crippen LogP contribution in [-0.4, -0.2) is 96.6 Å². The average Bonchev–Trinajstić information content (AvgIpc) is 1.57. The molecule has 534 valence electrons. The summed E-state index contributed by atoms with van der Waals surface area (Å²) in [5.74, 6) is -2.94. The zero-order valence-corrected chi connectivity index (χ0v) is 58.2. The van der Waals surface area contributed by atoms with Gasteiger partial charge in [0, 0.05) is 62.4 Å². The maximum absolute atomic E-state index is 13.7. The van der Waals surface area contributed by atoms with E-state index in [1.54, 1.807) is 107 Å². The fourth-order valence-corrected chi connectivity index (χ4v) is 14.7. The number of pyridine rings is 6. The standard InChI is InChI=1S/C48H42N4O12.C22H20N2O5.C4H4Cl2O2.CH3F/c1-5-25-27-15-23(9-11-35(27)49-41-29(25)19-51-37(41)17-33-31(43(51)55)21-61-45(57)47(33,59)7-3)63-39(53)13-14-40(54)64-24-10-12-36-28(16-24)26(6-2)30-20-52-38(42(30)50-36)18-34-32(44(52)56)22-62-46(58)48(34,60)8-4;1-3-12-13-7-11(25)5-6-17(13)23-19-14(12)9-24-18(19)8-16-15(20(24)26)10-29-21(27)22(16,28)4-2;5-3(7)1-2-4(6)8;1-2/h9-12,15-18,59-60H,5-8,13-14,19-22H2,1-4H3;5-8,25,28H,3-4,9-10H2,1-2H3;1-2H2;1H3/i;;;1D. The number of alkyl halides is 1. The van der Waals surface area contributed by atoms with Crippen molar-refractivity contribution in [1.82, 2.24) is 28.7 Å². The minimum absolute atomic E-state index is 0.0316. The highest BCUT2D eigenvalue weighted by atomic mass is 35.5. The lowest BCUT2D eigenvalue weighted by molar-refractivity contribution is -0.172. The van der Waals surface area contributed by atoms with Crippen LogP contribution in [0.5, 0.6) is 17.2 Å². The quantitative estimate of drug-likeness (QED) is 0.0341. The number of ether oxygens (including phenoxy) is 5. The number of aliphatic hydroxyl groups is 3. The summed E-state index contributed by atoms with van der Waals surface area (Å²) < 4.78 is 47.2. The van der Waals surface area contributed by atoms with Crippen molar-refractivity contribution in [2.45, 2.75) is 162 Å². The van der Waals surface area contributed by atoms with Crippen LogP contribution < -0.4 is 26.2 Å². The van der Waals surface area contributed by atoms with Crippen LogP contribution in [0.2, 0.25) is 0 Å². The summed E-state index contributed by atoms with van der Waals surface area (Å²) in [5.41, 5.74) is 5.59. The number of aromatic nitrogens is 6. The first kappa shape index (κ1) is 71.0. The number of nitrogens with zero attached hydrogens (tertiary/aromatic N) is 6. The fourth-order valence-electron chi connectivity index (χ4n) is 14.5. The summed E-state index contributed by atoms with van der Waals surface area (Å²) in [6.07, 6.45) is 1.58. The van der Waals surface area contributed by atoms with Crippen molar-refractivity contribution in [3.05, 3.63) is 171 Å². The van der Waals surface area contributed by atoms with E-state index < -0.39 is 64.3 Å². The van der Waals surface area contributed by atoms with Gasteiger partial charge in [0.1, 0.15) is 37.1 Å². The first-order valence-electron chi connectivity index (χ1n) is 34.1. The summed E-state index contributed by atoms with van der Waals surface area (Å²) in [7, 11) is -1.00. The van der Waals surface area contributed by atoms with Crippen molar-refractivity contribution >= 4 is 96.2 Å². The van der Waals surface area contributed by atoms with Crippen LogP contribution in [0.25, 0.3) is 66.9 Å². The van der Waals surface area contributed by atoms with E-state index in [2.05, 4.69) is 0 Å². The summed E-state index contributed by atoms with van der Waals surface area (Å²) in [6, 6.07) is 20.2. The number of hydrogen-bond acceptors (Lipinski definition) is 22. The lowest BCUT2D eigenvalue weighted by Gasteiger charge is -2.31. The number of rotatable bonds is 14. The summed E-state index contributed by atoms with van der Waals surface area (Å²) >= 11 is 9.74. The Hall–Kier alpha value is -10.4. The third-order valence-corrected chi connectivity index (χ3v) is 20.3. The van der Waals surface area contributed by atoms with Gasteiger partial charge in [-0.3, -0.25) is 38.0 Å². The number of phenolic OH excluding ortho intramolecular Hbond substituents is 1. The van der Waals surface area contributed by atoms with Gasteiger partial charge in [0.2, 0.25) is 10.5 Å². The predicted octanol–water partition coefficient (Wildman–Crippen LogP) is 9.12. The number of hydrogen-bond donors (Lipinski definition) is 4. The number of aryl methyl sites for hydroxylation is 3. The van der Waals surface area contributed by atoms with E-state index in [1.807, 2.05) is 20.8 Å². The van der Waals surface area contributed by atoms with Crippen molar-refractivity contribution in [3.8, 4) is 51.4 Å². The molecule has 0 saturated carbocycles. The number of cyclic esters (lactones) is 3. The Kier molecular flexibility index (Phi) is 19.4. The highest BCUT2D eigenvalue weighted by molar-refractivity contribution is 6.66. The molecule has 25 nitrogen and oxygen atoms in total. The number of phenols is 1. The van der Waals surface area contributed by atoms with Crippen molar-refractivity contribution in [1.29, 1.82) is 0 Å². The van der Waals surface area contributed by atoms with E-state index in [0.717, 1.165) is 55.1 Å². The van der Waals surface area contributed by atoms with Crippen LogP contribution in [0.3, 0.4) is 0 Å². The Morgan fingerprint density at radius 3 is 1.08 bits per heavy atom. The molecule has 0 saturated heterocycles. The van der Waals surface area contributed by atoms with E-state index in [0.29, 0.717) is 82.1 Å². The molecule has 3 unspecified atom stereocenters. The summed E-state index contributed by atoms with van der Waals surface area (Å²) in [4.78, 5) is 139. The molecule has 12 heterocycles. The Bertz CT molecular complexity index is 5180. The van der Waals surface area contributed by atoms with Crippen LogP contribution in [-0.2, 0) is 123 Å². The van der Waals surface area contributed by atoms with Gasteiger partial charge in [-0.1, -0.05) is 41.5 Å². The number of halogens is 3. The Balaban J connectivity index is 0.000000209. The Labute approximate surface area is 596 Å². The molecule has 0 radical (unpaired) electrons. The molecule has 3 aromatic carbocycles. The molecule has 0 fully saturated rings. The van der Waals surface area contributed by atoms with Gasteiger partial charge in [0.15, 0.2) is 16.8 Å². The topological polar surface area (TPSA) is 351 Å². The van der Waals surface area contributed by atoms with E-state index in [9.17, 15) is 72.8 Å². The molecular weight excluding hydrogens is 1380 g/mol. The highest BCUT2D eigenvalue weighted by Gasteiger charge is 2.49. The maximum Gasteiger partial charge on any atom is 0.343 e. The Morgan fingerprint density at radius 1 is 0.485 bits per heavy atom. The fraction of sp³-hybridized carbons (Fsp3) is 0.347. The molecule has 6 aliphatic rings. The van der Waals surface area contributed by atoms with Crippen LogP contribution in [0.4, 0.5) is 4.39 Å². The summed E-state index contributed by atoms with van der Waals surface area (Å²) in [5, 5.41) is 44.6. The molecule has 15 rings (SSSR count). The average molecular weight is 1450 g/mol. The van der Waals surface area contributed by atoms with Gasteiger partial charge < -0.3 is 57.8 Å². The number of carbonyl (C=O) groups excluding carboxylic acids is 7. The van der Waals surface area contributed by atoms with Gasteiger partial charge in [-0.2, -0.15) is 0 Å². The second kappa shape index (κ2) is 28.1. The normalized spacial score (nSPS) is 18.2. The number of carbonyl (C=O) groups is 7. The van der Waals surface area contributed by atoms with Crippen LogP contribution in [0.1, 0.15) is 155 Å². The zero-order chi connectivity index (χ0) is 74.8. The smallest absolute Gasteiger partial charge is 0.343 e. The minimum Gasteiger partial charge on any atom is -0.508 e. The van der Waals surface area contributed by atoms with E-state index >= 15 is 0 Å². The third kappa shape index (κ3) is 12.3. The molecule has 3 atom stereocenters. The van der Waals surface area contributed by atoms with Crippen molar-refractivity contribution in [3.63, 3.8) is 0 Å². The van der Waals surface area contributed by atoms with Crippen molar-refractivity contribution in [2.24, 2.45) is 0 Å². The molecule has 0 spiro atoms. The van der Waals surface area contributed by atoms with Gasteiger partial charge in [0.25, 0.3) is 16.7 Å². The van der Waals surface area contributed by atoms with Gasteiger partial charge in [-0.15, -0.1) is 0 Å². The van der Waals surface area contributed by atoms with Crippen LogP contribution in [0, 0.1) is 0 Å². The molecule has 0 aliphatic carbocycles. The molecule has 4 N–H and O–H groups in total. The largest absolute Gasteiger partial charge is 0.508 e. The monoisotopic (exact) mass is 1450 g/mol. The lowest BCUT2D eigenvalue weighted by Crippen LogP contribution is -2.44. The number of benzene rings is 3. The maximum atomic E-state index is 13.7. The van der Waals surface area contributed by atoms with E-state index in [1.165, 1.54) is 0 Å². The molecular formula is C75H69Cl2FN6O19. The zero-order valence-electron chi connectivity index (χ0n) is 57.7. The summed E-state index contributed by atoms with van der Waals surface area (Å²) in [6.45, 7) is 11.2. The minimum atomic E-state index is -1.94. The molecule has 0 amide bonds. The SMILES string of the molecule is CCc1c2c(nc3ccc(O)cc13)-c1cc3c(c(=O)n1C2)COC(=O)C3(O)CC.CCc1c2c(nc3ccc(OC(=O)CCC(=O)Oc4ccc5nc6c(c(CC)c5c4)Cn4c-6cc5c(c4=O)COC(=O)C5(O)CC)cc13)-c1cc3c(c(=O)n1C2)COC(=O)C3(O)CC.O=C(Cl)CCC(=O)Cl.[2H]CF. The van der Waals surface area contributed by atoms with Crippen molar-refractivity contribution < 1.29 is 83.4 Å². The van der Waals surface area contributed by atoms with Crippen LogP contribution in [0.15, 0.2) is 87.2 Å².